The van der Waals surface area contributed by atoms with Gasteiger partial charge in [0.25, 0.3) is 11.6 Å². The maximum absolute atomic E-state index is 13.1. The van der Waals surface area contributed by atoms with Crippen molar-refractivity contribution in [3.8, 4) is 0 Å². The number of amides is 1. The number of hydrogen-bond donors (Lipinski definition) is 1. The highest BCUT2D eigenvalue weighted by molar-refractivity contribution is 6.02. The first-order valence-corrected chi connectivity index (χ1v) is 8.61. The monoisotopic (exact) mass is 363 g/mol. The van der Waals surface area contributed by atoms with Crippen LogP contribution in [0.5, 0.6) is 0 Å². The van der Waals surface area contributed by atoms with Crippen LogP contribution < -0.4 is 4.90 Å². The zero-order chi connectivity index (χ0) is 18.7. The summed E-state index contributed by atoms with van der Waals surface area (Å²) in [7, 11) is 0. The molecule has 9 heteroatoms. The van der Waals surface area contributed by atoms with E-state index in [0.29, 0.717) is 51.4 Å². The summed E-state index contributed by atoms with van der Waals surface area (Å²) < 4.78 is 5.31. The summed E-state index contributed by atoms with van der Waals surface area (Å²) in [6.45, 7) is 2.37. The summed E-state index contributed by atoms with van der Waals surface area (Å²) >= 11 is 0. The molecule has 3 rings (SSSR count). The van der Waals surface area contributed by atoms with E-state index in [1.165, 1.54) is 17.0 Å². The number of piperidine rings is 1. The summed E-state index contributed by atoms with van der Waals surface area (Å²) in [5.41, 5.74) is 0.417. The molecular weight excluding hydrogens is 342 g/mol. The zero-order valence-electron chi connectivity index (χ0n) is 14.3. The smallest absolute Gasteiger partial charge is 0.308 e. The Morgan fingerprint density at radius 2 is 1.96 bits per heavy atom. The second kappa shape index (κ2) is 7.69. The number of carbonyl (C=O) groups is 2. The van der Waals surface area contributed by atoms with E-state index in [0.717, 1.165) is 0 Å². The van der Waals surface area contributed by atoms with E-state index in [-0.39, 0.29) is 23.7 Å². The van der Waals surface area contributed by atoms with Crippen molar-refractivity contribution in [2.45, 2.75) is 12.8 Å². The maximum atomic E-state index is 13.1. The molecule has 2 aliphatic rings. The van der Waals surface area contributed by atoms with Gasteiger partial charge in [0.2, 0.25) is 0 Å². The number of nitro benzene ring substituents is 1. The van der Waals surface area contributed by atoms with E-state index in [1.807, 2.05) is 0 Å². The van der Waals surface area contributed by atoms with Crippen LogP contribution in [-0.4, -0.2) is 66.2 Å². The van der Waals surface area contributed by atoms with Gasteiger partial charge >= 0.3 is 5.97 Å². The Hall–Kier alpha value is -2.68. The Balaban J connectivity index is 1.95. The first kappa shape index (κ1) is 18.1. The number of hydrogen-bond acceptors (Lipinski definition) is 6. The van der Waals surface area contributed by atoms with Crippen molar-refractivity contribution < 1.29 is 24.4 Å². The molecule has 1 aromatic rings. The van der Waals surface area contributed by atoms with Crippen molar-refractivity contribution in [1.82, 2.24) is 4.90 Å². The van der Waals surface area contributed by atoms with E-state index in [2.05, 4.69) is 0 Å². The molecule has 0 spiro atoms. The van der Waals surface area contributed by atoms with Gasteiger partial charge < -0.3 is 19.6 Å². The Bertz CT molecular complexity index is 716. The normalized spacial score (nSPS) is 20.7. The minimum absolute atomic E-state index is 0.121. The van der Waals surface area contributed by atoms with E-state index in [1.54, 1.807) is 11.0 Å². The van der Waals surface area contributed by atoms with Crippen LogP contribution in [0.2, 0.25) is 0 Å². The topological polar surface area (TPSA) is 113 Å². The molecule has 26 heavy (non-hydrogen) atoms. The minimum atomic E-state index is -0.921. The zero-order valence-corrected chi connectivity index (χ0v) is 14.3. The van der Waals surface area contributed by atoms with E-state index >= 15 is 0 Å². The number of carboxylic acid groups (broad SMARTS) is 1. The van der Waals surface area contributed by atoms with Gasteiger partial charge in [-0.05, 0) is 18.9 Å². The predicted molar refractivity (Wildman–Crippen MR) is 92.4 cm³/mol. The second-order valence-corrected chi connectivity index (χ2v) is 6.46. The number of carboxylic acids is 1. The number of nitro groups is 1. The fraction of sp³-hybridized carbons (Fsp3) is 0.529. The van der Waals surface area contributed by atoms with Crippen molar-refractivity contribution in [3.05, 3.63) is 33.9 Å². The van der Waals surface area contributed by atoms with Crippen molar-refractivity contribution in [1.29, 1.82) is 0 Å². The van der Waals surface area contributed by atoms with Crippen molar-refractivity contribution in [2.75, 3.05) is 44.3 Å². The van der Waals surface area contributed by atoms with Crippen LogP contribution in [0.15, 0.2) is 18.2 Å². The standard InChI is InChI=1S/C17H21N3O6/c21-16(19-6-2-3-12(11-19)17(22)23)13-4-1-5-14(20(24)25)15(13)18-7-9-26-10-8-18/h1,4-5,12H,2-3,6-11H2,(H,22,23). The molecule has 0 bridgehead atoms. The molecular formula is C17H21N3O6. The molecule has 0 saturated carbocycles. The molecule has 9 nitrogen and oxygen atoms in total. The third-order valence-corrected chi connectivity index (χ3v) is 4.83. The fourth-order valence-electron chi connectivity index (χ4n) is 3.50. The molecule has 0 aliphatic carbocycles. The lowest BCUT2D eigenvalue weighted by atomic mass is 9.97. The van der Waals surface area contributed by atoms with E-state index < -0.39 is 16.8 Å². The second-order valence-electron chi connectivity index (χ2n) is 6.46. The molecule has 2 saturated heterocycles. The van der Waals surface area contributed by atoms with Gasteiger partial charge in [-0.2, -0.15) is 0 Å². The number of benzene rings is 1. The quantitative estimate of drug-likeness (QED) is 0.635. The lowest BCUT2D eigenvalue weighted by Gasteiger charge is -2.33. The molecule has 1 atom stereocenters. The number of para-hydroxylation sites is 1. The number of anilines is 1. The number of nitrogens with zero attached hydrogens (tertiary/aromatic N) is 3. The summed E-state index contributed by atoms with van der Waals surface area (Å²) in [5.74, 6) is -1.88. The average molecular weight is 363 g/mol. The Labute approximate surface area is 150 Å². The first-order valence-electron chi connectivity index (χ1n) is 8.61. The SMILES string of the molecule is O=C(O)C1CCCN(C(=O)c2cccc([N+](=O)[O-])c2N2CCOCC2)C1. The number of ether oxygens (including phenoxy) is 1. The molecule has 1 N–H and O–H groups in total. The Morgan fingerprint density at radius 3 is 2.62 bits per heavy atom. The van der Waals surface area contributed by atoms with Gasteiger partial charge in [0.15, 0.2) is 0 Å². The molecule has 2 fully saturated rings. The number of rotatable bonds is 4. The van der Waals surface area contributed by atoms with Gasteiger partial charge in [-0.15, -0.1) is 0 Å². The summed E-state index contributed by atoms with van der Waals surface area (Å²) in [4.78, 5) is 38.6. The predicted octanol–water partition coefficient (Wildman–Crippen LogP) is 1.37. The lowest BCUT2D eigenvalue weighted by Crippen LogP contribution is -2.43. The highest BCUT2D eigenvalue weighted by atomic mass is 16.6. The highest BCUT2D eigenvalue weighted by Gasteiger charge is 2.33. The average Bonchev–Trinajstić information content (AvgIpc) is 2.67. The Morgan fingerprint density at radius 1 is 1.23 bits per heavy atom. The van der Waals surface area contributed by atoms with Gasteiger partial charge in [-0.1, -0.05) is 6.07 Å². The number of morpholine rings is 1. The van der Waals surface area contributed by atoms with Crippen LogP contribution in [0.25, 0.3) is 0 Å². The summed E-state index contributed by atoms with van der Waals surface area (Å²) in [6.07, 6.45) is 1.13. The van der Waals surface area contributed by atoms with Gasteiger partial charge in [0, 0.05) is 32.2 Å². The summed E-state index contributed by atoms with van der Waals surface area (Å²) in [5, 5.41) is 20.7. The van der Waals surface area contributed by atoms with Crippen LogP contribution in [0.1, 0.15) is 23.2 Å². The van der Waals surface area contributed by atoms with Gasteiger partial charge in [-0.3, -0.25) is 19.7 Å². The molecule has 2 aliphatic heterocycles. The van der Waals surface area contributed by atoms with Crippen molar-refractivity contribution in [3.63, 3.8) is 0 Å². The van der Waals surface area contributed by atoms with Crippen molar-refractivity contribution in [2.24, 2.45) is 5.92 Å². The highest BCUT2D eigenvalue weighted by Crippen LogP contribution is 2.34. The molecule has 2 heterocycles. The van der Waals surface area contributed by atoms with Crippen LogP contribution in [0.3, 0.4) is 0 Å². The summed E-state index contributed by atoms with van der Waals surface area (Å²) in [6, 6.07) is 4.45. The van der Waals surface area contributed by atoms with E-state index in [4.69, 9.17) is 4.74 Å². The maximum Gasteiger partial charge on any atom is 0.308 e. The molecule has 0 radical (unpaired) electrons. The number of carbonyl (C=O) groups excluding carboxylic acids is 1. The number of likely N-dealkylation sites (tertiary alicyclic amines) is 1. The first-order chi connectivity index (χ1) is 12.5. The Kier molecular flexibility index (Phi) is 5.36. The molecule has 1 unspecified atom stereocenters. The van der Waals surface area contributed by atoms with Crippen LogP contribution in [-0.2, 0) is 9.53 Å². The third kappa shape index (κ3) is 3.62. The van der Waals surface area contributed by atoms with Crippen molar-refractivity contribution >= 4 is 23.3 Å². The van der Waals surface area contributed by atoms with Crippen LogP contribution in [0.4, 0.5) is 11.4 Å². The number of aliphatic carboxylic acids is 1. The fourth-order valence-corrected chi connectivity index (χ4v) is 3.50. The third-order valence-electron chi connectivity index (χ3n) is 4.83. The van der Waals surface area contributed by atoms with E-state index in [9.17, 15) is 24.8 Å². The molecule has 0 aromatic heterocycles. The van der Waals surface area contributed by atoms with Gasteiger partial charge in [0.05, 0.1) is 29.6 Å². The molecule has 1 aromatic carbocycles. The van der Waals surface area contributed by atoms with Gasteiger partial charge in [-0.25, -0.2) is 0 Å². The van der Waals surface area contributed by atoms with Gasteiger partial charge in [0.1, 0.15) is 5.69 Å². The molecule has 140 valence electrons. The largest absolute Gasteiger partial charge is 0.481 e. The molecule has 1 amide bonds. The van der Waals surface area contributed by atoms with Crippen LogP contribution in [0, 0.1) is 16.0 Å². The minimum Gasteiger partial charge on any atom is -0.481 e. The lowest BCUT2D eigenvalue weighted by molar-refractivity contribution is -0.384. The van der Waals surface area contributed by atoms with Crippen LogP contribution >= 0.6 is 0 Å².